The number of phenolic OH excluding ortho intramolecular Hbond substituents is 1. The van der Waals surface area contributed by atoms with Gasteiger partial charge in [-0.25, -0.2) is 4.79 Å². The number of aliphatic carboxylic acids is 1. The number of hydrogen-bond donors (Lipinski definition) is 2. The van der Waals surface area contributed by atoms with Crippen molar-refractivity contribution in [2.24, 2.45) is 0 Å². The fraction of sp³-hybridized carbons (Fsp3) is 0.348. The maximum absolute atomic E-state index is 11.2. The van der Waals surface area contributed by atoms with Crippen molar-refractivity contribution in [3.8, 4) is 16.9 Å². The molecule has 0 saturated heterocycles. The average molecular weight is 350 g/mol. The Morgan fingerprint density at radius 1 is 1.00 bits per heavy atom. The first-order chi connectivity index (χ1) is 12.0. The summed E-state index contributed by atoms with van der Waals surface area (Å²) in [5.41, 5.74) is 4.64. The molecule has 3 rings (SSSR count). The number of fused-ring (bicyclic) bond motifs is 1. The van der Waals surface area contributed by atoms with Crippen LogP contribution in [-0.2, 0) is 15.6 Å². The van der Waals surface area contributed by atoms with Gasteiger partial charge in [-0.2, -0.15) is 0 Å². The van der Waals surface area contributed by atoms with Gasteiger partial charge in [-0.3, -0.25) is 0 Å². The van der Waals surface area contributed by atoms with Gasteiger partial charge < -0.3 is 10.2 Å². The lowest BCUT2D eigenvalue weighted by atomic mass is 9.62. The Balaban J connectivity index is 2.18. The van der Waals surface area contributed by atoms with E-state index >= 15 is 0 Å². The van der Waals surface area contributed by atoms with Crippen LogP contribution >= 0.6 is 0 Å². The van der Waals surface area contributed by atoms with E-state index in [1.807, 2.05) is 12.1 Å². The van der Waals surface area contributed by atoms with Gasteiger partial charge in [-0.05, 0) is 64.1 Å². The highest BCUT2D eigenvalue weighted by atomic mass is 16.4. The number of phenols is 1. The molecule has 3 nitrogen and oxygen atoms in total. The van der Waals surface area contributed by atoms with E-state index in [1.165, 1.54) is 11.1 Å². The molecule has 0 radical (unpaired) electrons. The maximum atomic E-state index is 11.2. The van der Waals surface area contributed by atoms with Gasteiger partial charge in [0, 0.05) is 5.56 Å². The van der Waals surface area contributed by atoms with Gasteiger partial charge in [0.15, 0.2) is 0 Å². The molecule has 0 amide bonds. The molecule has 0 heterocycles. The second-order valence-corrected chi connectivity index (χ2v) is 8.55. The van der Waals surface area contributed by atoms with E-state index in [0.717, 1.165) is 24.0 Å². The summed E-state index contributed by atoms with van der Waals surface area (Å²) in [4.78, 5) is 11.2. The smallest absolute Gasteiger partial charge is 0.335 e. The van der Waals surface area contributed by atoms with Crippen molar-refractivity contribution < 1.29 is 15.0 Å². The van der Waals surface area contributed by atoms with Gasteiger partial charge >= 0.3 is 5.97 Å². The highest BCUT2D eigenvalue weighted by Crippen LogP contribution is 2.49. The Labute approximate surface area is 155 Å². The second kappa shape index (κ2) is 6.01. The van der Waals surface area contributed by atoms with Crippen molar-refractivity contribution in [1.82, 2.24) is 0 Å². The quantitative estimate of drug-likeness (QED) is 0.718. The van der Waals surface area contributed by atoms with E-state index in [9.17, 15) is 15.0 Å². The van der Waals surface area contributed by atoms with Gasteiger partial charge in [0.05, 0.1) is 5.57 Å². The molecule has 2 aromatic rings. The zero-order valence-electron chi connectivity index (χ0n) is 15.9. The number of carboxylic acid groups (broad SMARTS) is 1. The predicted molar refractivity (Wildman–Crippen MR) is 105 cm³/mol. The number of carboxylic acids is 1. The Bertz CT molecular complexity index is 904. The Morgan fingerprint density at radius 2 is 1.58 bits per heavy atom. The highest BCUT2D eigenvalue weighted by Gasteiger charge is 2.37. The van der Waals surface area contributed by atoms with Crippen molar-refractivity contribution in [2.75, 3.05) is 0 Å². The number of hydrogen-bond acceptors (Lipinski definition) is 2. The molecule has 0 unspecified atom stereocenters. The molecule has 0 aliphatic heterocycles. The summed E-state index contributed by atoms with van der Waals surface area (Å²) < 4.78 is 0. The number of rotatable bonds is 3. The van der Waals surface area contributed by atoms with Crippen molar-refractivity contribution in [3.05, 3.63) is 59.7 Å². The van der Waals surface area contributed by atoms with Crippen LogP contribution in [0.2, 0.25) is 0 Å². The normalized spacial score (nSPS) is 17.4. The largest absolute Gasteiger partial charge is 0.507 e. The van der Waals surface area contributed by atoms with Gasteiger partial charge in [-0.1, -0.05) is 52.5 Å². The molecule has 0 saturated carbocycles. The third kappa shape index (κ3) is 3.03. The van der Waals surface area contributed by atoms with Gasteiger partial charge in [0.25, 0.3) is 0 Å². The van der Waals surface area contributed by atoms with Crippen LogP contribution in [0.5, 0.6) is 5.75 Å². The standard InChI is InChI=1S/C23H26O3/c1-14(21(25)26)15-7-6-8-16(11-15)17-12-18-19(13-20(17)24)23(4,5)10-9-22(18,2)3/h6-8,11-13,24H,1,9-10H2,2-5H3,(H,25,26). The molecule has 26 heavy (non-hydrogen) atoms. The fourth-order valence-electron chi connectivity index (χ4n) is 3.83. The van der Waals surface area contributed by atoms with Crippen LogP contribution in [0.15, 0.2) is 43.0 Å². The molecular formula is C23H26O3. The molecule has 0 fully saturated rings. The monoisotopic (exact) mass is 350 g/mol. The zero-order valence-corrected chi connectivity index (χ0v) is 15.9. The first-order valence-electron chi connectivity index (χ1n) is 8.94. The molecule has 2 N–H and O–H groups in total. The summed E-state index contributed by atoms with van der Waals surface area (Å²) >= 11 is 0. The van der Waals surface area contributed by atoms with E-state index in [0.29, 0.717) is 5.56 Å². The Hall–Kier alpha value is -2.55. The minimum atomic E-state index is -1.04. The van der Waals surface area contributed by atoms with Crippen LogP contribution in [0, 0.1) is 0 Å². The number of benzene rings is 2. The molecule has 0 atom stereocenters. The molecule has 0 bridgehead atoms. The summed E-state index contributed by atoms with van der Waals surface area (Å²) in [6, 6.07) is 11.2. The lowest BCUT2D eigenvalue weighted by molar-refractivity contribution is -0.130. The molecule has 1 aliphatic carbocycles. The minimum absolute atomic E-state index is 0.0281. The molecular weight excluding hydrogens is 324 g/mol. The van der Waals surface area contributed by atoms with Crippen LogP contribution in [0.4, 0.5) is 0 Å². The highest BCUT2D eigenvalue weighted by molar-refractivity contribution is 6.14. The number of carbonyl (C=O) groups is 1. The Morgan fingerprint density at radius 3 is 2.15 bits per heavy atom. The van der Waals surface area contributed by atoms with Crippen LogP contribution in [0.1, 0.15) is 57.2 Å². The molecule has 2 aromatic carbocycles. The van der Waals surface area contributed by atoms with E-state index in [-0.39, 0.29) is 22.2 Å². The van der Waals surface area contributed by atoms with Crippen LogP contribution < -0.4 is 0 Å². The van der Waals surface area contributed by atoms with Gasteiger partial charge in [-0.15, -0.1) is 0 Å². The summed E-state index contributed by atoms with van der Waals surface area (Å²) in [6.07, 6.45) is 2.17. The fourth-order valence-corrected chi connectivity index (χ4v) is 3.83. The average Bonchev–Trinajstić information content (AvgIpc) is 2.58. The van der Waals surface area contributed by atoms with Crippen LogP contribution in [0.25, 0.3) is 16.7 Å². The van der Waals surface area contributed by atoms with Crippen LogP contribution in [0.3, 0.4) is 0 Å². The minimum Gasteiger partial charge on any atom is -0.507 e. The SMILES string of the molecule is C=C(C(=O)O)c1cccc(-c2cc3c(cc2O)C(C)(C)CCC3(C)C)c1. The first-order valence-corrected chi connectivity index (χ1v) is 8.94. The van der Waals surface area contributed by atoms with E-state index in [2.05, 4.69) is 40.3 Å². The lowest BCUT2D eigenvalue weighted by Crippen LogP contribution is -2.33. The van der Waals surface area contributed by atoms with Crippen molar-refractivity contribution >= 4 is 11.5 Å². The molecule has 0 spiro atoms. The summed E-state index contributed by atoms with van der Waals surface area (Å²) in [6.45, 7) is 12.6. The molecule has 1 aliphatic rings. The summed E-state index contributed by atoms with van der Waals surface area (Å²) in [5.74, 6) is -0.813. The van der Waals surface area contributed by atoms with Crippen molar-refractivity contribution in [2.45, 2.75) is 51.4 Å². The third-order valence-corrected chi connectivity index (χ3v) is 5.75. The summed E-state index contributed by atoms with van der Waals surface area (Å²) in [5, 5.41) is 19.9. The second-order valence-electron chi connectivity index (χ2n) is 8.55. The lowest BCUT2D eigenvalue weighted by Gasteiger charge is -2.42. The van der Waals surface area contributed by atoms with Gasteiger partial charge in [0.2, 0.25) is 0 Å². The van der Waals surface area contributed by atoms with E-state index in [4.69, 9.17) is 0 Å². The zero-order chi connectivity index (χ0) is 19.3. The number of aromatic hydroxyl groups is 1. The van der Waals surface area contributed by atoms with Crippen molar-refractivity contribution in [3.63, 3.8) is 0 Å². The first kappa shape index (κ1) is 18.2. The maximum Gasteiger partial charge on any atom is 0.335 e. The third-order valence-electron chi connectivity index (χ3n) is 5.75. The van der Waals surface area contributed by atoms with E-state index in [1.54, 1.807) is 18.2 Å². The van der Waals surface area contributed by atoms with E-state index < -0.39 is 5.97 Å². The summed E-state index contributed by atoms with van der Waals surface area (Å²) in [7, 11) is 0. The molecule has 3 heteroatoms. The molecule has 136 valence electrons. The predicted octanol–water partition coefficient (Wildman–Crippen LogP) is 5.51. The molecule has 0 aromatic heterocycles. The van der Waals surface area contributed by atoms with Crippen LogP contribution in [-0.4, -0.2) is 16.2 Å². The van der Waals surface area contributed by atoms with Crippen molar-refractivity contribution in [1.29, 1.82) is 0 Å². The Kier molecular flexibility index (Phi) is 4.22. The van der Waals surface area contributed by atoms with Gasteiger partial charge in [0.1, 0.15) is 5.75 Å². The topological polar surface area (TPSA) is 57.5 Å².